The molecular weight excluding hydrogens is 268 g/mol. The van der Waals surface area contributed by atoms with Gasteiger partial charge < -0.3 is 15.7 Å². The van der Waals surface area contributed by atoms with Crippen molar-refractivity contribution in [1.29, 1.82) is 0 Å². The molecule has 1 aromatic heterocycles. The largest absolute Gasteiger partial charge is 0.508 e. The van der Waals surface area contributed by atoms with E-state index in [1.165, 1.54) is 12.1 Å². The van der Waals surface area contributed by atoms with Gasteiger partial charge in [-0.2, -0.15) is 0 Å². The Morgan fingerprint density at radius 1 is 1.10 bits per heavy atom. The molecule has 0 aliphatic carbocycles. The van der Waals surface area contributed by atoms with Crippen molar-refractivity contribution in [2.45, 2.75) is 13.8 Å². The van der Waals surface area contributed by atoms with Crippen LogP contribution in [-0.2, 0) is 0 Å². The standard InChI is InChI=1S/C15H18N4O2/c1-10-9-11(2)19-15(18-10)17-8-7-16-14(21)12-3-5-13(20)6-4-12/h3-6,9,20H,7-8H2,1-2H3,(H,16,21)(H,17,18,19). The number of amides is 1. The van der Waals surface area contributed by atoms with E-state index in [1.54, 1.807) is 12.1 Å². The van der Waals surface area contributed by atoms with Crippen LogP contribution in [0, 0.1) is 13.8 Å². The van der Waals surface area contributed by atoms with Gasteiger partial charge >= 0.3 is 0 Å². The maximum absolute atomic E-state index is 11.8. The smallest absolute Gasteiger partial charge is 0.251 e. The number of carbonyl (C=O) groups excluding carboxylic acids is 1. The van der Waals surface area contributed by atoms with Gasteiger partial charge in [0.2, 0.25) is 5.95 Å². The first-order valence-corrected chi connectivity index (χ1v) is 6.68. The van der Waals surface area contributed by atoms with E-state index in [9.17, 15) is 4.79 Å². The number of carbonyl (C=O) groups is 1. The highest BCUT2D eigenvalue weighted by molar-refractivity contribution is 5.94. The van der Waals surface area contributed by atoms with Gasteiger partial charge in [0, 0.05) is 30.0 Å². The molecule has 0 aliphatic heterocycles. The predicted octanol–water partition coefficient (Wildman–Crippen LogP) is 1.64. The molecule has 1 heterocycles. The van der Waals surface area contributed by atoms with Crippen molar-refractivity contribution < 1.29 is 9.90 Å². The molecule has 6 heteroatoms. The molecule has 110 valence electrons. The van der Waals surface area contributed by atoms with Gasteiger partial charge in [0.25, 0.3) is 5.91 Å². The van der Waals surface area contributed by atoms with E-state index in [1.807, 2.05) is 19.9 Å². The first kappa shape index (κ1) is 14.8. The van der Waals surface area contributed by atoms with E-state index in [-0.39, 0.29) is 11.7 Å². The molecule has 0 fully saturated rings. The molecule has 21 heavy (non-hydrogen) atoms. The monoisotopic (exact) mass is 286 g/mol. The van der Waals surface area contributed by atoms with Gasteiger partial charge in [-0.25, -0.2) is 9.97 Å². The number of aromatic hydroxyl groups is 1. The van der Waals surface area contributed by atoms with Crippen molar-refractivity contribution in [3.8, 4) is 5.75 Å². The third-order valence-electron chi connectivity index (χ3n) is 2.81. The van der Waals surface area contributed by atoms with Crippen molar-refractivity contribution in [3.63, 3.8) is 0 Å². The minimum atomic E-state index is -0.182. The summed E-state index contributed by atoms with van der Waals surface area (Å²) in [5.74, 6) is 0.518. The molecule has 0 radical (unpaired) electrons. The zero-order valence-corrected chi connectivity index (χ0v) is 12.1. The summed E-state index contributed by atoms with van der Waals surface area (Å²) in [6, 6.07) is 8.01. The Kier molecular flexibility index (Phi) is 4.71. The van der Waals surface area contributed by atoms with Gasteiger partial charge in [-0.3, -0.25) is 4.79 Å². The average molecular weight is 286 g/mol. The average Bonchev–Trinajstić information content (AvgIpc) is 2.43. The lowest BCUT2D eigenvalue weighted by atomic mass is 10.2. The highest BCUT2D eigenvalue weighted by Gasteiger charge is 2.04. The van der Waals surface area contributed by atoms with Crippen molar-refractivity contribution in [2.75, 3.05) is 18.4 Å². The summed E-state index contributed by atoms with van der Waals surface area (Å²) in [6.07, 6.45) is 0. The number of rotatable bonds is 5. The lowest BCUT2D eigenvalue weighted by Gasteiger charge is -2.08. The summed E-state index contributed by atoms with van der Waals surface area (Å²) in [5.41, 5.74) is 2.31. The number of hydrogen-bond donors (Lipinski definition) is 3. The maximum atomic E-state index is 11.8. The van der Waals surface area contributed by atoms with Crippen LogP contribution >= 0.6 is 0 Å². The summed E-state index contributed by atoms with van der Waals surface area (Å²) in [7, 11) is 0. The van der Waals surface area contributed by atoms with Crippen LogP contribution in [0.4, 0.5) is 5.95 Å². The van der Waals surface area contributed by atoms with Gasteiger partial charge in [-0.15, -0.1) is 0 Å². The van der Waals surface area contributed by atoms with Crippen LogP contribution in [0.15, 0.2) is 30.3 Å². The summed E-state index contributed by atoms with van der Waals surface area (Å²) >= 11 is 0. The highest BCUT2D eigenvalue weighted by atomic mass is 16.3. The first-order valence-electron chi connectivity index (χ1n) is 6.68. The fourth-order valence-corrected chi connectivity index (χ4v) is 1.87. The van der Waals surface area contributed by atoms with Gasteiger partial charge in [-0.1, -0.05) is 0 Å². The number of nitrogens with zero attached hydrogens (tertiary/aromatic N) is 2. The van der Waals surface area contributed by atoms with E-state index in [4.69, 9.17) is 5.11 Å². The van der Waals surface area contributed by atoms with Crippen molar-refractivity contribution in [2.24, 2.45) is 0 Å². The fourth-order valence-electron chi connectivity index (χ4n) is 1.87. The van der Waals surface area contributed by atoms with Crippen LogP contribution in [0.25, 0.3) is 0 Å². The van der Waals surface area contributed by atoms with Crippen LogP contribution in [0.2, 0.25) is 0 Å². The van der Waals surface area contributed by atoms with E-state index in [0.717, 1.165) is 11.4 Å². The number of nitrogens with one attached hydrogen (secondary N) is 2. The van der Waals surface area contributed by atoms with Gasteiger partial charge in [0.15, 0.2) is 0 Å². The summed E-state index contributed by atoms with van der Waals surface area (Å²) in [4.78, 5) is 20.3. The molecule has 1 amide bonds. The molecule has 0 aliphatic rings. The summed E-state index contributed by atoms with van der Waals surface area (Å²) < 4.78 is 0. The predicted molar refractivity (Wildman–Crippen MR) is 80.4 cm³/mol. The second-order valence-corrected chi connectivity index (χ2v) is 4.70. The lowest BCUT2D eigenvalue weighted by Crippen LogP contribution is -2.29. The summed E-state index contributed by atoms with van der Waals surface area (Å²) in [5, 5.41) is 15.0. The maximum Gasteiger partial charge on any atom is 0.251 e. The third-order valence-corrected chi connectivity index (χ3v) is 2.81. The van der Waals surface area contributed by atoms with Crippen LogP contribution in [-0.4, -0.2) is 34.1 Å². The molecule has 1 aromatic carbocycles. The van der Waals surface area contributed by atoms with Crippen LogP contribution in [0.1, 0.15) is 21.7 Å². The number of phenols is 1. The Morgan fingerprint density at radius 3 is 2.33 bits per heavy atom. The lowest BCUT2D eigenvalue weighted by molar-refractivity contribution is 0.0955. The molecule has 3 N–H and O–H groups in total. The molecule has 0 saturated carbocycles. The topological polar surface area (TPSA) is 87.1 Å². The molecule has 0 unspecified atom stereocenters. The molecule has 0 atom stereocenters. The van der Waals surface area contributed by atoms with Gasteiger partial charge in [0.1, 0.15) is 5.75 Å². The minimum absolute atomic E-state index is 0.139. The Bertz CT molecular complexity index is 606. The normalized spacial score (nSPS) is 10.2. The molecule has 0 saturated heterocycles. The Morgan fingerprint density at radius 2 is 1.71 bits per heavy atom. The SMILES string of the molecule is Cc1cc(C)nc(NCCNC(=O)c2ccc(O)cc2)n1. The first-order chi connectivity index (χ1) is 10.0. The van der Waals surface area contributed by atoms with Crippen LogP contribution in [0.5, 0.6) is 5.75 Å². The second kappa shape index (κ2) is 6.69. The number of phenolic OH excluding ortho intramolecular Hbond substituents is 1. The van der Waals surface area contributed by atoms with Crippen molar-refractivity contribution in [1.82, 2.24) is 15.3 Å². The Labute approximate surface area is 123 Å². The number of aromatic nitrogens is 2. The van der Waals surface area contributed by atoms with Crippen LogP contribution < -0.4 is 10.6 Å². The Hall–Kier alpha value is -2.63. The second-order valence-electron chi connectivity index (χ2n) is 4.70. The minimum Gasteiger partial charge on any atom is -0.508 e. The van der Waals surface area contributed by atoms with E-state index >= 15 is 0 Å². The van der Waals surface area contributed by atoms with Crippen LogP contribution in [0.3, 0.4) is 0 Å². The molecule has 6 nitrogen and oxygen atoms in total. The third kappa shape index (κ3) is 4.45. The highest BCUT2D eigenvalue weighted by Crippen LogP contribution is 2.09. The molecular formula is C15H18N4O2. The number of anilines is 1. The number of aryl methyl sites for hydroxylation is 2. The van der Waals surface area contributed by atoms with Gasteiger partial charge in [0.05, 0.1) is 0 Å². The zero-order chi connectivity index (χ0) is 15.2. The van der Waals surface area contributed by atoms with E-state index in [0.29, 0.717) is 24.6 Å². The molecule has 2 rings (SSSR count). The quantitative estimate of drug-likeness (QED) is 0.727. The van der Waals surface area contributed by atoms with Gasteiger partial charge in [-0.05, 0) is 44.2 Å². The summed E-state index contributed by atoms with van der Waals surface area (Å²) in [6.45, 7) is 4.81. The number of benzene rings is 1. The zero-order valence-electron chi connectivity index (χ0n) is 12.1. The molecule has 2 aromatic rings. The van der Waals surface area contributed by atoms with Crippen molar-refractivity contribution in [3.05, 3.63) is 47.3 Å². The van der Waals surface area contributed by atoms with Crippen molar-refractivity contribution >= 4 is 11.9 Å². The van der Waals surface area contributed by atoms with E-state index in [2.05, 4.69) is 20.6 Å². The molecule has 0 spiro atoms. The molecule has 0 bridgehead atoms. The fraction of sp³-hybridized carbons (Fsp3) is 0.267. The number of hydrogen-bond acceptors (Lipinski definition) is 5. The Balaban J connectivity index is 1.79. The van der Waals surface area contributed by atoms with E-state index < -0.39 is 0 Å².